The summed E-state index contributed by atoms with van der Waals surface area (Å²) in [6.45, 7) is 7.00. The molecule has 0 fully saturated rings. The number of nitrogens with zero attached hydrogens (tertiary/aromatic N) is 1. The van der Waals surface area contributed by atoms with Crippen LogP contribution < -0.4 is 0 Å². The number of rotatable bonds is 4. The Morgan fingerprint density at radius 3 is 2.89 bits per heavy atom. The van der Waals surface area contributed by atoms with Crippen LogP contribution in [-0.2, 0) is 11.2 Å². The molecule has 1 heterocycles. The van der Waals surface area contributed by atoms with Crippen LogP contribution in [0.25, 0.3) is 0 Å². The molecule has 0 spiro atoms. The Bertz CT molecular complexity index is 444. The third-order valence-corrected chi connectivity index (χ3v) is 3.82. The average molecular weight is 265 g/mol. The van der Waals surface area contributed by atoms with E-state index >= 15 is 0 Å². The first-order valence-corrected chi connectivity index (χ1v) is 6.94. The summed E-state index contributed by atoms with van der Waals surface area (Å²) >= 11 is 0. The van der Waals surface area contributed by atoms with Crippen molar-refractivity contribution in [3.8, 4) is 0 Å². The molecule has 0 aromatic carbocycles. The van der Waals surface area contributed by atoms with Gasteiger partial charge in [0.2, 0.25) is 0 Å². The Balaban J connectivity index is 2.22. The van der Waals surface area contributed by atoms with Crippen LogP contribution in [0.2, 0.25) is 0 Å². The van der Waals surface area contributed by atoms with Crippen molar-refractivity contribution in [1.82, 2.24) is 4.90 Å². The Morgan fingerprint density at radius 1 is 1.53 bits per heavy atom. The van der Waals surface area contributed by atoms with Gasteiger partial charge in [-0.05, 0) is 39.7 Å². The standard InChI is InChI=1S/C15H23NO3/c1-15(2,3)16(9-7-14(17)18)12-5-4-6-13-11(12)8-10-19-13/h8,10,12H,4-7,9H2,1-3H3,(H,17,18). The molecule has 1 aromatic rings. The molecule has 0 saturated heterocycles. The second-order valence-electron chi connectivity index (χ2n) is 6.22. The number of aryl methyl sites for hydroxylation is 1. The molecule has 0 amide bonds. The molecule has 1 aliphatic carbocycles. The van der Waals surface area contributed by atoms with Crippen molar-refractivity contribution in [3.05, 3.63) is 23.7 Å². The second kappa shape index (κ2) is 5.37. The molecule has 4 nitrogen and oxygen atoms in total. The molecule has 0 bridgehead atoms. The summed E-state index contributed by atoms with van der Waals surface area (Å²) in [4.78, 5) is 13.2. The maximum Gasteiger partial charge on any atom is 0.304 e. The summed E-state index contributed by atoms with van der Waals surface area (Å²) < 4.78 is 5.53. The van der Waals surface area contributed by atoms with Crippen LogP contribution in [-0.4, -0.2) is 28.1 Å². The Morgan fingerprint density at radius 2 is 2.26 bits per heavy atom. The third kappa shape index (κ3) is 3.18. The maximum atomic E-state index is 10.9. The SMILES string of the molecule is CC(C)(C)N(CCC(=O)O)C1CCCc2occc21. The zero-order valence-electron chi connectivity index (χ0n) is 12.0. The molecule has 1 aromatic heterocycles. The molecule has 0 saturated carbocycles. The highest BCUT2D eigenvalue weighted by Gasteiger charge is 2.34. The van der Waals surface area contributed by atoms with Gasteiger partial charge < -0.3 is 9.52 Å². The zero-order chi connectivity index (χ0) is 14.0. The van der Waals surface area contributed by atoms with Gasteiger partial charge in [0.25, 0.3) is 0 Å². The number of aliphatic carboxylic acids is 1. The number of carboxylic acid groups (broad SMARTS) is 1. The zero-order valence-corrected chi connectivity index (χ0v) is 12.0. The topological polar surface area (TPSA) is 53.7 Å². The van der Waals surface area contributed by atoms with Crippen molar-refractivity contribution in [2.75, 3.05) is 6.54 Å². The Kier molecular flexibility index (Phi) is 3.99. The lowest BCUT2D eigenvalue weighted by atomic mass is 9.89. The molecule has 1 aliphatic rings. The molecule has 1 N–H and O–H groups in total. The molecular formula is C15H23NO3. The van der Waals surface area contributed by atoms with Gasteiger partial charge in [0, 0.05) is 30.1 Å². The van der Waals surface area contributed by atoms with Crippen LogP contribution in [0.1, 0.15) is 57.4 Å². The lowest BCUT2D eigenvalue weighted by Crippen LogP contribution is -2.45. The van der Waals surface area contributed by atoms with Gasteiger partial charge >= 0.3 is 5.97 Å². The van der Waals surface area contributed by atoms with Crippen LogP contribution >= 0.6 is 0 Å². The molecule has 106 valence electrons. The number of carboxylic acids is 1. The van der Waals surface area contributed by atoms with Gasteiger partial charge in [-0.1, -0.05) is 0 Å². The number of hydrogen-bond donors (Lipinski definition) is 1. The molecule has 4 heteroatoms. The first-order valence-electron chi connectivity index (χ1n) is 6.94. The molecule has 1 unspecified atom stereocenters. The number of carbonyl (C=O) groups is 1. The largest absolute Gasteiger partial charge is 0.481 e. The lowest BCUT2D eigenvalue weighted by Gasteiger charge is -2.43. The average Bonchev–Trinajstić information content (AvgIpc) is 2.75. The molecule has 1 atom stereocenters. The predicted octanol–water partition coefficient (Wildman–Crippen LogP) is 3.23. The minimum atomic E-state index is -0.738. The lowest BCUT2D eigenvalue weighted by molar-refractivity contribution is -0.137. The highest BCUT2D eigenvalue weighted by molar-refractivity contribution is 5.66. The van der Waals surface area contributed by atoms with E-state index in [1.54, 1.807) is 6.26 Å². The first kappa shape index (κ1) is 14.1. The van der Waals surface area contributed by atoms with E-state index in [-0.39, 0.29) is 18.0 Å². The molecule has 2 rings (SSSR count). The summed E-state index contributed by atoms with van der Waals surface area (Å²) in [5.41, 5.74) is 1.19. The van der Waals surface area contributed by atoms with E-state index in [1.165, 1.54) is 5.56 Å². The summed E-state index contributed by atoms with van der Waals surface area (Å²) in [7, 11) is 0. The van der Waals surface area contributed by atoms with Crippen molar-refractivity contribution in [1.29, 1.82) is 0 Å². The molecule has 0 radical (unpaired) electrons. The highest BCUT2D eigenvalue weighted by atomic mass is 16.4. The minimum Gasteiger partial charge on any atom is -0.481 e. The summed E-state index contributed by atoms with van der Waals surface area (Å²) in [5, 5.41) is 8.94. The van der Waals surface area contributed by atoms with E-state index in [0.717, 1.165) is 25.0 Å². The summed E-state index contributed by atoms with van der Waals surface area (Å²) in [6.07, 6.45) is 5.10. The van der Waals surface area contributed by atoms with Gasteiger partial charge in [0.1, 0.15) is 5.76 Å². The third-order valence-electron chi connectivity index (χ3n) is 3.82. The quantitative estimate of drug-likeness (QED) is 0.908. The summed E-state index contributed by atoms with van der Waals surface area (Å²) in [6, 6.07) is 2.32. The van der Waals surface area contributed by atoms with E-state index < -0.39 is 5.97 Å². The van der Waals surface area contributed by atoms with Crippen molar-refractivity contribution in [2.45, 2.75) is 58.0 Å². The van der Waals surface area contributed by atoms with Gasteiger partial charge in [0.05, 0.1) is 12.7 Å². The number of fused-ring (bicyclic) bond motifs is 1. The smallest absolute Gasteiger partial charge is 0.304 e. The van der Waals surface area contributed by atoms with Crippen molar-refractivity contribution in [3.63, 3.8) is 0 Å². The van der Waals surface area contributed by atoms with Crippen LogP contribution in [0.4, 0.5) is 0 Å². The van der Waals surface area contributed by atoms with Crippen LogP contribution in [0, 0.1) is 0 Å². The van der Waals surface area contributed by atoms with Crippen LogP contribution in [0.5, 0.6) is 0 Å². The highest BCUT2D eigenvalue weighted by Crippen LogP contribution is 2.38. The Hall–Kier alpha value is -1.29. The first-order chi connectivity index (χ1) is 8.89. The van der Waals surface area contributed by atoms with Crippen molar-refractivity contribution >= 4 is 5.97 Å². The number of furan rings is 1. The van der Waals surface area contributed by atoms with Gasteiger partial charge in [-0.25, -0.2) is 0 Å². The predicted molar refractivity (Wildman–Crippen MR) is 73.1 cm³/mol. The fraction of sp³-hybridized carbons (Fsp3) is 0.667. The molecule has 0 aliphatic heterocycles. The second-order valence-corrected chi connectivity index (χ2v) is 6.22. The number of hydrogen-bond acceptors (Lipinski definition) is 3. The van der Waals surface area contributed by atoms with E-state index in [2.05, 4.69) is 25.7 Å². The van der Waals surface area contributed by atoms with Crippen LogP contribution in [0.15, 0.2) is 16.7 Å². The van der Waals surface area contributed by atoms with E-state index in [1.807, 2.05) is 6.07 Å². The fourth-order valence-corrected chi connectivity index (χ4v) is 2.96. The Labute approximate surface area is 114 Å². The van der Waals surface area contributed by atoms with Crippen LogP contribution in [0.3, 0.4) is 0 Å². The fourth-order valence-electron chi connectivity index (χ4n) is 2.96. The monoisotopic (exact) mass is 265 g/mol. The normalized spacial score (nSPS) is 19.5. The van der Waals surface area contributed by atoms with Crippen molar-refractivity contribution in [2.24, 2.45) is 0 Å². The van der Waals surface area contributed by atoms with E-state index in [4.69, 9.17) is 9.52 Å². The summed E-state index contributed by atoms with van der Waals surface area (Å²) in [5.74, 6) is 0.332. The van der Waals surface area contributed by atoms with E-state index in [9.17, 15) is 4.79 Å². The van der Waals surface area contributed by atoms with Gasteiger partial charge in [-0.3, -0.25) is 9.69 Å². The van der Waals surface area contributed by atoms with Gasteiger partial charge in [-0.2, -0.15) is 0 Å². The molecule has 19 heavy (non-hydrogen) atoms. The minimum absolute atomic E-state index is 0.0496. The van der Waals surface area contributed by atoms with E-state index in [0.29, 0.717) is 6.54 Å². The van der Waals surface area contributed by atoms with Crippen molar-refractivity contribution < 1.29 is 14.3 Å². The molecular weight excluding hydrogens is 242 g/mol. The van der Waals surface area contributed by atoms with Gasteiger partial charge in [-0.15, -0.1) is 0 Å². The van der Waals surface area contributed by atoms with Gasteiger partial charge in [0.15, 0.2) is 0 Å². The maximum absolute atomic E-state index is 10.9.